The van der Waals surface area contributed by atoms with Gasteiger partial charge in [-0.05, 0) is 17.7 Å². The van der Waals surface area contributed by atoms with E-state index < -0.39 is 0 Å². The van der Waals surface area contributed by atoms with Crippen LogP contribution < -0.4 is 0 Å². The molecule has 0 saturated carbocycles. The quantitative estimate of drug-likeness (QED) is 0.715. The molecule has 0 radical (unpaired) electrons. The van der Waals surface area contributed by atoms with E-state index in [1.807, 2.05) is 42.5 Å². The Balaban J connectivity index is 1.68. The van der Waals surface area contributed by atoms with Gasteiger partial charge < -0.3 is 9.74 Å². The standard InChI is InChI=1S/C18H17ClN2O2S/c1-2-10-21(12-14-8-9-17(19)24-14)18(22)15-11-16(23-20-15)13-6-4-3-5-7-13/h2-9,16H,1,10-12H2. The summed E-state index contributed by atoms with van der Waals surface area (Å²) in [5.41, 5.74) is 1.46. The maximum atomic E-state index is 12.8. The van der Waals surface area contributed by atoms with Crippen LogP contribution in [0.5, 0.6) is 0 Å². The van der Waals surface area contributed by atoms with Gasteiger partial charge in [0.2, 0.25) is 0 Å². The minimum atomic E-state index is -0.202. The van der Waals surface area contributed by atoms with E-state index in [0.717, 1.165) is 10.4 Å². The van der Waals surface area contributed by atoms with Gasteiger partial charge in [-0.25, -0.2) is 0 Å². The lowest BCUT2D eigenvalue weighted by molar-refractivity contribution is -0.124. The van der Waals surface area contributed by atoms with Crippen molar-refractivity contribution in [2.75, 3.05) is 6.54 Å². The lowest BCUT2D eigenvalue weighted by atomic mass is 10.0. The first-order chi connectivity index (χ1) is 11.7. The van der Waals surface area contributed by atoms with E-state index in [-0.39, 0.29) is 12.0 Å². The van der Waals surface area contributed by atoms with Crippen LogP contribution in [0.25, 0.3) is 0 Å². The van der Waals surface area contributed by atoms with Gasteiger partial charge in [-0.3, -0.25) is 4.79 Å². The Hall–Kier alpha value is -2.11. The second-order valence-corrected chi connectivity index (χ2v) is 7.23. The summed E-state index contributed by atoms with van der Waals surface area (Å²) in [4.78, 5) is 20.9. The fourth-order valence-electron chi connectivity index (χ4n) is 2.53. The molecule has 0 N–H and O–H groups in total. The third-order valence-electron chi connectivity index (χ3n) is 3.70. The van der Waals surface area contributed by atoms with Crippen LogP contribution in [0.15, 0.2) is 60.3 Å². The Labute approximate surface area is 150 Å². The number of rotatable bonds is 6. The van der Waals surface area contributed by atoms with Gasteiger partial charge in [-0.2, -0.15) is 0 Å². The largest absolute Gasteiger partial charge is 0.387 e. The third-order valence-corrected chi connectivity index (χ3v) is 4.92. The summed E-state index contributed by atoms with van der Waals surface area (Å²) in [6.07, 6.45) is 1.98. The predicted molar refractivity (Wildman–Crippen MR) is 97.3 cm³/mol. The highest BCUT2D eigenvalue weighted by atomic mass is 35.5. The molecule has 0 spiro atoms. The van der Waals surface area contributed by atoms with Gasteiger partial charge in [-0.15, -0.1) is 17.9 Å². The van der Waals surface area contributed by atoms with Crippen molar-refractivity contribution >= 4 is 34.6 Å². The van der Waals surface area contributed by atoms with Crippen LogP contribution in [-0.4, -0.2) is 23.1 Å². The number of thiophene rings is 1. The first kappa shape index (κ1) is 16.7. The van der Waals surface area contributed by atoms with Crippen molar-refractivity contribution < 1.29 is 9.63 Å². The number of oxime groups is 1. The molecule has 1 aromatic carbocycles. The van der Waals surface area contributed by atoms with Crippen LogP contribution in [0.4, 0.5) is 0 Å². The van der Waals surface area contributed by atoms with Gasteiger partial charge in [0, 0.05) is 17.8 Å². The molecule has 0 aliphatic carbocycles. The highest BCUT2D eigenvalue weighted by molar-refractivity contribution is 7.16. The molecule has 1 unspecified atom stereocenters. The molecule has 1 aromatic heterocycles. The summed E-state index contributed by atoms with van der Waals surface area (Å²) in [6.45, 7) is 4.66. The normalized spacial score (nSPS) is 16.4. The lowest BCUT2D eigenvalue weighted by Gasteiger charge is -2.19. The average Bonchev–Trinajstić information content (AvgIpc) is 3.24. The topological polar surface area (TPSA) is 41.9 Å². The number of amides is 1. The summed E-state index contributed by atoms with van der Waals surface area (Å²) in [5.74, 6) is -0.127. The number of hydrogen-bond acceptors (Lipinski definition) is 4. The molecule has 0 bridgehead atoms. The average molecular weight is 361 g/mol. The van der Waals surface area contributed by atoms with Gasteiger partial charge in [0.25, 0.3) is 5.91 Å². The van der Waals surface area contributed by atoms with E-state index >= 15 is 0 Å². The second kappa shape index (κ2) is 7.64. The van der Waals surface area contributed by atoms with E-state index in [2.05, 4.69) is 11.7 Å². The van der Waals surface area contributed by atoms with Crippen molar-refractivity contribution in [3.63, 3.8) is 0 Å². The zero-order valence-corrected chi connectivity index (χ0v) is 14.6. The third kappa shape index (κ3) is 3.86. The zero-order valence-electron chi connectivity index (χ0n) is 13.0. The van der Waals surface area contributed by atoms with E-state index in [9.17, 15) is 4.79 Å². The summed E-state index contributed by atoms with van der Waals surface area (Å²) in [6, 6.07) is 13.6. The number of carbonyl (C=O) groups excluding carboxylic acids is 1. The number of hydrogen-bond donors (Lipinski definition) is 0. The molecule has 24 heavy (non-hydrogen) atoms. The van der Waals surface area contributed by atoms with Crippen LogP contribution in [0.1, 0.15) is 23.0 Å². The summed E-state index contributed by atoms with van der Waals surface area (Å²) in [5, 5.41) is 4.01. The SMILES string of the molecule is C=CCN(Cc1ccc(Cl)s1)C(=O)C1=NOC(c2ccccc2)C1. The number of nitrogens with zero attached hydrogens (tertiary/aromatic N) is 2. The van der Waals surface area contributed by atoms with Crippen molar-refractivity contribution in [3.8, 4) is 0 Å². The fourth-order valence-corrected chi connectivity index (χ4v) is 3.64. The van der Waals surface area contributed by atoms with Gasteiger partial charge in [0.15, 0.2) is 6.10 Å². The molecule has 1 amide bonds. The zero-order chi connectivity index (χ0) is 16.9. The molecule has 1 atom stereocenters. The maximum absolute atomic E-state index is 12.8. The molecule has 1 aliphatic rings. The molecule has 0 saturated heterocycles. The van der Waals surface area contributed by atoms with Gasteiger partial charge in [0.05, 0.1) is 10.9 Å². The van der Waals surface area contributed by atoms with Crippen molar-refractivity contribution in [3.05, 3.63) is 69.9 Å². The molecule has 0 fully saturated rings. The van der Waals surface area contributed by atoms with Gasteiger partial charge >= 0.3 is 0 Å². The number of carbonyl (C=O) groups is 1. The molecule has 2 heterocycles. The van der Waals surface area contributed by atoms with Crippen molar-refractivity contribution in [2.24, 2.45) is 5.16 Å². The molecule has 3 rings (SSSR count). The van der Waals surface area contributed by atoms with E-state index in [1.165, 1.54) is 11.3 Å². The molecular formula is C18H17ClN2O2S. The predicted octanol–water partition coefficient (Wildman–Crippen LogP) is 4.43. The number of halogens is 1. The Kier molecular flexibility index (Phi) is 5.33. The smallest absolute Gasteiger partial charge is 0.272 e. The minimum absolute atomic E-state index is 0.127. The summed E-state index contributed by atoms with van der Waals surface area (Å²) >= 11 is 7.43. The molecule has 4 nitrogen and oxygen atoms in total. The van der Waals surface area contributed by atoms with Gasteiger partial charge in [-0.1, -0.05) is 53.2 Å². The minimum Gasteiger partial charge on any atom is -0.387 e. The fraction of sp³-hybridized carbons (Fsp3) is 0.222. The van der Waals surface area contributed by atoms with Crippen LogP contribution in [0, 0.1) is 0 Å². The highest BCUT2D eigenvalue weighted by Crippen LogP contribution is 2.28. The number of benzene rings is 1. The lowest BCUT2D eigenvalue weighted by Crippen LogP contribution is -2.35. The second-order valence-electron chi connectivity index (χ2n) is 5.43. The Morgan fingerprint density at radius 1 is 1.38 bits per heavy atom. The van der Waals surface area contributed by atoms with Crippen LogP contribution in [-0.2, 0) is 16.2 Å². The molecular weight excluding hydrogens is 344 g/mol. The van der Waals surface area contributed by atoms with Crippen molar-refractivity contribution in [1.82, 2.24) is 4.90 Å². The molecule has 1 aliphatic heterocycles. The van der Waals surface area contributed by atoms with Crippen LogP contribution in [0.3, 0.4) is 0 Å². The van der Waals surface area contributed by atoms with E-state index in [0.29, 0.717) is 29.6 Å². The monoisotopic (exact) mass is 360 g/mol. The van der Waals surface area contributed by atoms with E-state index in [1.54, 1.807) is 11.0 Å². The van der Waals surface area contributed by atoms with E-state index in [4.69, 9.17) is 16.4 Å². The van der Waals surface area contributed by atoms with Crippen LogP contribution in [0.2, 0.25) is 4.34 Å². The highest BCUT2D eigenvalue weighted by Gasteiger charge is 2.30. The van der Waals surface area contributed by atoms with Crippen molar-refractivity contribution in [2.45, 2.75) is 19.1 Å². The van der Waals surface area contributed by atoms with Crippen molar-refractivity contribution in [1.29, 1.82) is 0 Å². The first-order valence-corrected chi connectivity index (χ1v) is 8.79. The molecule has 6 heteroatoms. The summed E-state index contributed by atoms with van der Waals surface area (Å²) < 4.78 is 0.710. The summed E-state index contributed by atoms with van der Waals surface area (Å²) in [7, 11) is 0. The first-order valence-electron chi connectivity index (χ1n) is 7.59. The molecule has 124 valence electrons. The maximum Gasteiger partial charge on any atom is 0.272 e. The Morgan fingerprint density at radius 2 is 2.17 bits per heavy atom. The molecule has 2 aromatic rings. The Morgan fingerprint density at radius 3 is 2.83 bits per heavy atom. The Bertz CT molecular complexity index is 757. The van der Waals surface area contributed by atoms with Gasteiger partial charge in [0.1, 0.15) is 5.71 Å². The van der Waals surface area contributed by atoms with Crippen LogP contribution >= 0.6 is 22.9 Å².